The maximum Gasteiger partial charge on any atom is 0.294 e. The molecule has 0 radical (unpaired) electrons. The molecule has 3 amide bonds. The summed E-state index contributed by atoms with van der Waals surface area (Å²) in [6, 6.07) is 17.1. The Hall–Kier alpha value is -2.49. The number of carbonyl (C=O) groups excluding carboxylic acids is 3. The van der Waals surface area contributed by atoms with Gasteiger partial charge in [0.2, 0.25) is 5.91 Å². The Balaban J connectivity index is 1.48. The highest BCUT2D eigenvalue weighted by molar-refractivity contribution is 9.10. The molecule has 1 saturated heterocycles. The van der Waals surface area contributed by atoms with Crippen molar-refractivity contribution < 1.29 is 19.1 Å². The van der Waals surface area contributed by atoms with Crippen LogP contribution < -0.4 is 10.1 Å². The minimum atomic E-state index is -0.588. The summed E-state index contributed by atoms with van der Waals surface area (Å²) in [4.78, 5) is 39.0. The van der Waals surface area contributed by atoms with E-state index in [0.717, 1.165) is 22.2 Å². The van der Waals surface area contributed by atoms with Gasteiger partial charge in [0.25, 0.3) is 11.1 Å². The molecule has 1 N–H and O–H groups in total. The smallest absolute Gasteiger partial charge is 0.294 e. The Morgan fingerprint density at radius 1 is 1.03 bits per heavy atom. The first-order chi connectivity index (χ1) is 17.2. The summed E-state index contributed by atoms with van der Waals surface area (Å²) in [5.41, 5.74) is 1.82. The summed E-state index contributed by atoms with van der Waals surface area (Å²) in [5, 5.41) is 3.51. The molecule has 1 fully saturated rings. The van der Waals surface area contributed by atoms with Crippen molar-refractivity contribution in [1.29, 1.82) is 0 Å². The Kier molecular flexibility index (Phi) is 8.64. The molecule has 3 aromatic rings. The standard InChI is InChI=1S/C25H16BrCl3N2O4S/c26-19-6-5-18(11-20(19)29)30-23(32)12-31-24(33)22(36-25(31)34)10-15-9-17(28)4-7-21(15)35-13-14-2-1-3-16(27)8-14/h1-11H,12-13H2,(H,30,32)/b22-10+. The lowest BCUT2D eigenvalue weighted by Gasteiger charge is -2.13. The van der Waals surface area contributed by atoms with Crippen LogP contribution in [0.5, 0.6) is 5.75 Å². The molecule has 0 bridgehead atoms. The first-order valence-electron chi connectivity index (χ1n) is 10.4. The molecule has 0 aliphatic carbocycles. The number of nitrogens with zero attached hydrogens (tertiary/aromatic N) is 1. The third-order valence-electron chi connectivity index (χ3n) is 4.92. The summed E-state index contributed by atoms with van der Waals surface area (Å²) < 4.78 is 6.60. The van der Waals surface area contributed by atoms with E-state index >= 15 is 0 Å². The lowest BCUT2D eigenvalue weighted by molar-refractivity contribution is -0.127. The third kappa shape index (κ3) is 6.63. The van der Waals surface area contributed by atoms with Gasteiger partial charge in [0.1, 0.15) is 18.9 Å². The van der Waals surface area contributed by atoms with E-state index in [1.807, 2.05) is 12.1 Å². The van der Waals surface area contributed by atoms with E-state index in [0.29, 0.717) is 36.5 Å². The number of thioether (sulfide) groups is 1. The van der Waals surface area contributed by atoms with E-state index in [1.54, 1.807) is 48.5 Å². The fourth-order valence-corrected chi connectivity index (χ4v) is 4.90. The number of hydrogen-bond donors (Lipinski definition) is 1. The minimum Gasteiger partial charge on any atom is -0.488 e. The molecule has 0 aromatic heterocycles. The van der Waals surface area contributed by atoms with E-state index in [-0.39, 0.29) is 11.5 Å². The summed E-state index contributed by atoms with van der Waals surface area (Å²) in [7, 11) is 0. The van der Waals surface area contributed by atoms with Gasteiger partial charge in [0.15, 0.2) is 0 Å². The molecule has 0 spiro atoms. The van der Waals surface area contributed by atoms with Crippen LogP contribution in [0.4, 0.5) is 10.5 Å². The molecule has 1 aliphatic heterocycles. The van der Waals surface area contributed by atoms with E-state index in [9.17, 15) is 14.4 Å². The van der Waals surface area contributed by atoms with Gasteiger partial charge >= 0.3 is 0 Å². The van der Waals surface area contributed by atoms with Gasteiger partial charge in [-0.05, 0) is 87.9 Å². The normalized spacial score (nSPS) is 14.4. The molecule has 1 aliphatic rings. The minimum absolute atomic E-state index is 0.148. The second-order valence-electron chi connectivity index (χ2n) is 7.55. The Bertz CT molecular complexity index is 1400. The van der Waals surface area contributed by atoms with Crippen LogP contribution in [0.1, 0.15) is 11.1 Å². The average Bonchev–Trinajstić information content (AvgIpc) is 3.08. The zero-order valence-electron chi connectivity index (χ0n) is 18.3. The largest absolute Gasteiger partial charge is 0.488 e. The lowest BCUT2D eigenvalue weighted by Crippen LogP contribution is -2.36. The summed E-state index contributed by atoms with van der Waals surface area (Å²) in [5.74, 6) is -0.656. The van der Waals surface area contributed by atoms with Crippen molar-refractivity contribution in [3.63, 3.8) is 0 Å². The average molecular weight is 627 g/mol. The van der Waals surface area contributed by atoms with Crippen molar-refractivity contribution in [2.24, 2.45) is 0 Å². The number of ether oxygens (including phenoxy) is 1. The highest BCUT2D eigenvalue weighted by atomic mass is 79.9. The highest BCUT2D eigenvalue weighted by Crippen LogP contribution is 2.35. The molecule has 0 atom stereocenters. The van der Waals surface area contributed by atoms with Crippen LogP contribution in [-0.2, 0) is 16.2 Å². The Morgan fingerprint density at radius 3 is 2.56 bits per heavy atom. The van der Waals surface area contributed by atoms with Gasteiger partial charge in [-0.2, -0.15) is 0 Å². The highest BCUT2D eigenvalue weighted by Gasteiger charge is 2.36. The number of carbonyl (C=O) groups is 3. The summed E-state index contributed by atoms with van der Waals surface area (Å²) >= 11 is 22.3. The first kappa shape index (κ1) is 26.6. The van der Waals surface area contributed by atoms with Crippen molar-refractivity contribution in [2.45, 2.75) is 6.61 Å². The van der Waals surface area contributed by atoms with Gasteiger partial charge in [-0.1, -0.05) is 46.9 Å². The molecule has 0 unspecified atom stereocenters. The van der Waals surface area contributed by atoms with Crippen LogP contribution in [0.3, 0.4) is 0 Å². The second-order valence-corrected chi connectivity index (χ2v) is 10.7. The van der Waals surface area contributed by atoms with Crippen molar-refractivity contribution in [2.75, 3.05) is 11.9 Å². The predicted octanol–water partition coefficient (Wildman–Crippen LogP) is 7.66. The van der Waals surface area contributed by atoms with Gasteiger partial charge < -0.3 is 10.1 Å². The van der Waals surface area contributed by atoms with E-state index < -0.39 is 23.6 Å². The zero-order chi connectivity index (χ0) is 25.8. The van der Waals surface area contributed by atoms with Crippen molar-refractivity contribution in [3.8, 4) is 5.75 Å². The molecule has 6 nitrogen and oxygen atoms in total. The Labute approximate surface area is 234 Å². The van der Waals surface area contributed by atoms with Crippen LogP contribution >= 0.6 is 62.5 Å². The molecule has 36 heavy (non-hydrogen) atoms. The molecule has 184 valence electrons. The van der Waals surface area contributed by atoms with Crippen molar-refractivity contribution >= 4 is 91.3 Å². The van der Waals surface area contributed by atoms with E-state index in [2.05, 4.69) is 21.2 Å². The predicted molar refractivity (Wildman–Crippen MR) is 148 cm³/mol. The number of nitrogens with one attached hydrogen (secondary N) is 1. The van der Waals surface area contributed by atoms with Crippen LogP contribution in [0.15, 0.2) is 70.0 Å². The third-order valence-corrected chi connectivity index (χ3v) is 7.53. The number of hydrogen-bond acceptors (Lipinski definition) is 5. The molecular weight excluding hydrogens is 611 g/mol. The first-order valence-corrected chi connectivity index (χ1v) is 13.1. The molecule has 11 heteroatoms. The maximum absolute atomic E-state index is 12.9. The molecule has 1 heterocycles. The van der Waals surface area contributed by atoms with Gasteiger partial charge in [-0.15, -0.1) is 0 Å². The zero-order valence-corrected chi connectivity index (χ0v) is 22.9. The topological polar surface area (TPSA) is 75.7 Å². The summed E-state index contributed by atoms with van der Waals surface area (Å²) in [6.45, 7) is -0.200. The monoisotopic (exact) mass is 624 g/mol. The lowest BCUT2D eigenvalue weighted by atomic mass is 10.1. The van der Waals surface area contributed by atoms with Crippen LogP contribution in [-0.4, -0.2) is 28.5 Å². The number of benzene rings is 3. The van der Waals surface area contributed by atoms with Crippen molar-refractivity contribution in [3.05, 3.63) is 96.2 Å². The fourth-order valence-electron chi connectivity index (χ4n) is 3.25. The van der Waals surface area contributed by atoms with Crippen molar-refractivity contribution in [1.82, 2.24) is 4.90 Å². The quantitative estimate of drug-likeness (QED) is 0.273. The number of rotatable bonds is 7. The molecule has 0 saturated carbocycles. The van der Waals surface area contributed by atoms with Gasteiger partial charge in [0, 0.05) is 25.8 Å². The SMILES string of the molecule is O=C(CN1C(=O)S/C(=C/c2cc(Cl)ccc2OCc2cccc(Cl)c2)C1=O)Nc1ccc(Br)c(Cl)c1. The number of imide groups is 1. The van der Waals surface area contributed by atoms with Gasteiger partial charge in [-0.25, -0.2) is 0 Å². The van der Waals surface area contributed by atoms with Gasteiger partial charge in [-0.3, -0.25) is 19.3 Å². The molecular formula is C25H16BrCl3N2O4S. The Morgan fingerprint density at radius 2 is 1.81 bits per heavy atom. The van der Waals surface area contributed by atoms with Crippen LogP contribution in [0.2, 0.25) is 15.1 Å². The fraction of sp³-hybridized carbons (Fsp3) is 0.0800. The van der Waals surface area contributed by atoms with Crippen LogP contribution in [0.25, 0.3) is 6.08 Å². The summed E-state index contributed by atoms with van der Waals surface area (Å²) in [6.07, 6.45) is 1.52. The number of amides is 3. The van der Waals surface area contributed by atoms with Crippen LogP contribution in [0, 0.1) is 0 Å². The number of anilines is 1. The molecule has 4 rings (SSSR count). The second kappa shape index (κ2) is 11.7. The van der Waals surface area contributed by atoms with E-state index in [1.165, 1.54) is 6.08 Å². The number of halogens is 4. The molecule has 3 aromatic carbocycles. The maximum atomic E-state index is 12.9. The van der Waals surface area contributed by atoms with Gasteiger partial charge in [0.05, 0.1) is 9.93 Å². The van der Waals surface area contributed by atoms with E-state index in [4.69, 9.17) is 39.5 Å².